The zero-order chi connectivity index (χ0) is 17.9. The van der Waals surface area contributed by atoms with Gasteiger partial charge in [0, 0.05) is 17.0 Å². The molecule has 2 rings (SSSR count). The van der Waals surface area contributed by atoms with E-state index in [1.807, 2.05) is 55.5 Å². The van der Waals surface area contributed by atoms with Crippen molar-refractivity contribution in [1.82, 2.24) is 0 Å². The summed E-state index contributed by atoms with van der Waals surface area (Å²) < 4.78 is 0. The van der Waals surface area contributed by atoms with Gasteiger partial charge in [0.05, 0.1) is 0 Å². The zero-order valence-corrected chi connectivity index (χ0v) is 15.2. The highest BCUT2D eigenvalue weighted by molar-refractivity contribution is 5.98. The molecule has 0 saturated heterocycles. The molecule has 0 spiro atoms. The van der Waals surface area contributed by atoms with Gasteiger partial charge < -0.3 is 0 Å². The Morgan fingerprint density at radius 3 is 2.12 bits per heavy atom. The van der Waals surface area contributed by atoms with Crippen LogP contribution in [0.3, 0.4) is 0 Å². The Labute approximate surface area is 144 Å². The van der Waals surface area contributed by atoms with E-state index in [2.05, 4.69) is 20.8 Å². The fourth-order valence-electron chi connectivity index (χ4n) is 2.78. The fraction of sp³-hybridized carbons (Fsp3) is 0.364. The first kappa shape index (κ1) is 18.1. The maximum absolute atomic E-state index is 12.7. The average Bonchev–Trinajstić information content (AvgIpc) is 2.53. The first-order chi connectivity index (χ1) is 11.2. The van der Waals surface area contributed by atoms with Gasteiger partial charge in [-0.1, -0.05) is 70.2 Å². The molecule has 0 aliphatic heterocycles. The third-order valence-corrected chi connectivity index (χ3v) is 4.36. The lowest BCUT2D eigenvalue weighted by atomic mass is 9.85. The van der Waals surface area contributed by atoms with E-state index in [4.69, 9.17) is 0 Å². The second-order valence-corrected chi connectivity index (χ2v) is 7.55. The predicted octanol–water partition coefficient (Wildman–Crippen LogP) is 5.25. The van der Waals surface area contributed by atoms with Crippen LogP contribution >= 0.6 is 0 Å². The molecule has 0 N–H and O–H groups in total. The van der Waals surface area contributed by atoms with Crippen molar-refractivity contribution in [2.75, 3.05) is 0 Å². The number of rotatable bonds is 5. The number of hydrogen-bond donors (Lipinski definition) is 0. The number of ketones is 2. The molecule has 2 nitrogen and oxygen atoms in total. The molecule has 2 heteroatoms. The summed E-state index contributed by atoms with van der Waals surface area (Å²) in [6.45, 7) is 9.99. The Bertz CT molecular complexity index is 733. The SMILES string of the molecule is CC(=O)c1cccc(CC(C)C(=O)c2ccc(C(C)(C)C)cc2)c1. The van der Waals surface area contributed by atoms with Crippen LogP contribution in [0.15, 0.2) is 48.5 Å². The van der Waals surface area contributed by atoms with Gasteiger partial charge in [0.1, 0.15) is 0 Å². The Hall–Kier alpha value is -2.22. The van der Waals surface area contributed by atoms with Crippen molar-refractivity contribution in [2.45, 2.75) is 46.5 Å². The van der Waals surface area contributed by atoms with Crippen LogP contribution in [0, 0.1) is 5.92 Å². The highest BCUT2D eigenvalue weighted by atomic mass is 16.1. The van der Waals surface area contributed by atoms with E-state index in [1.54, 1.807) is 6.92 Å². The van der Waals surface area contributed by atoms with Gasteiger partial charge in [-0.2, -0.15) is 0 Å². The monoisotopic (exact) mass is 322 g/mol. The predicted molar refractivity (Wildman–Crippen MR) is 98.8 cm³/mol. The quantitative estimate of drug-likeness (QED) is 0.705. The van der Waals surface area contributed by atoms with Crippen LogP contribution in [0.2, 0.25) is 0 Å². The van der Waals surface area contributed by atoms with Crippen molar-refractivity contribution >= 4 is 11.6 Å². The lowest BCUT2D eigenvalue weighted by molar-refractivity contribution is 0.0929. The zero-order valence-electron chi connectivity index (χ0n) is 15.2. The lowest BCUT2D eigenvalue weighted by Gasteiger charge is -2.19. The Morgan fingerprint density at radius 2 is 1.58 bits per heavy atom. The summed E-state index contributed by atoms with van der Waals surface area (Å²) in [5.41, 5.74) is 3.77. The van der Waals surface area contributed by atoms with Gasteiger partial charge in [-0.15, -0.1) is 0 Å². The van der Waals surface area contributed by atoms with E-state index in [9.17, 15) is 9.59 Å². The molecule has 1 unspecified atom stereocenters. The van der Waals surface area contributed by atoms with Crippen molar-refractivity contribution in [3.63, 3.8) is 0 Å². The lowest BCUT2D eigenvalue weighted by Crippen LogP contribution is -2.15. The Kier molecular flexibility index (Phi) is 5.38. The second kappa shape index (κ2) is 7.12. The van der Waals surface area contributed by atoms with Crippen LogP contribution in [-0.4, -0.2) is 11.6 Å². The number of benzene rings is 2. The molecule has 0 aromatic heterocycles. The van der Waals surface area contributed by atoms with Crippen LogP contribution < -0.4 is 0 Å². The molecular weight excluding hydrogens is 296 g/mol. The van der Waals surface area contributed by atoms with Crippen molar-refractivity contribution in [2.24, 2.45) is 5.92 Å². The van der Waals surface area contributed by atoms with Crippen molar-refractivity contribution in [3.8, 4) is 0 Å². The van der Waals surface area contributed by atoms with E-state index in [0.29, 0.717) is 12.0 Å². The molecule has 2 aromatic rings. The van der Waals surface area contributed by atoms with E-state index < -0.39 is 0 Å². The average molecular weight is 322 g/mol. The molecule has 0 radical (unpaired) electrons. The summed E-state index contributed by atoms with van der Waals surface area (Å²) in [5, 5.41) is 0. The van der Waals surface area contributed by atoms with E-state index >= 15 is 0 Å². The fourth-order valence-corrected chi connectivity index (χ4v) is 2.78. The summed E-state index contributed by atoms with van der Waals surface area (Å²) in [6.07, 6.45) is 0.640. The highest BCUT2D eigenvalue weighted by Gasteiger charge is 2.18. The number of Topliss-reactive ketones (excluding diaryl/α,β-unsaturated/α-hetero) is 2. The summed E-state index contributed by atoms with van der Waals surface area (Å²) >= 11 is 0. The van der Waals surface area contributed by atoms with Crippen molar-refractivity contribution in [3.05, 3.63) is 70.8 Å². The van der Waals surface area contributed by atoms with Gasteiger partial charge in [-0.3, -0.25) is 9.59 Å². The molecule has 0 bridgehead atoms. The standard InChI is InChI=1S/C22H26O2/c1-15(13-17-7-6-8-19(14-17)16(2)23)21(24)18-9-11-20(12-10-18)22(3,4)5/h6-12,14-15H,13H2,1-5H3. The molecular formula is C22H26O2. The van der Waals surface area contributed by atoms with Gasteiger partial charge in [-0.25, -0.2) is 0 Å². The minimum absolute atomic E-state index is 0.0496. The molecule has 0 heterocycles. The van der Waals surface area contributed by atoms with E-state index in [0.717, 1.165) is 11.1 Å². The molecule has 126 valence electrons. The second-order valence-electron chi connectivity index (χ2n) is 7.55. The minimum Gasteiger partial charge on any atom is -0.295 e. The van der Waals surface area contributed by atoms with Gasteiger partial charge >= 0.3 is 0 Å². The van der Waals surface area contributed by atoms with E-state index in [-0.39, 0.29) is 22.9 Å². The maximum atomic E-state index is 12.7. The summed E-state index contributed by atoms with van der Waals surface area (Å²) in [5.74, 6) is 0.0741. The van der Waals surface area contributed by atoms with Crippen LogP contribution in [-0.2, 0) is 11.8 Å². The smallest absolute Gasteiger partial charge is 0.165 e. The Morgan fingerprint density at radius 1 is 0.958 bits per heavy atom. The van der Waals surface area contributed by atoms with Crippen LogP contribution in [0.25, 0.3) is 0 Å². The van der Waals surface area contributed by atoms with Crippen LogP contribution in [0.5, 0.6) is 0 Å². The largest absolute Gasteiger partial charge is 0.295 e. The van der Waals surface area contributed by atoms with Gasteiger partial charge in [-0.05, 0) is 36.0 Å². The topological polar surface area (TPSA) is 34.1 Å². The highest BCUT2D eigenvalue weighted by Crippen LogP contribution is 2.23. The van der Waals surface area contributed by atoms with Crippen molar-refractivity contribution in [1.29, 1.82) is 0 Å². The summed E-state index contributed by atoms with van der Waals surface area (Å²) in [6, 6.07) is 15.5. The summed E-state index contributed by atoms with van der Waals surface area (Å²) in [4.78, 5) is 24.1. The molecule has 24 heavy (non-hydrogen) atoms. The number of carbonyl (C=O) groups excluding carboxylic acids is 2. The molecule has 0 saturated carbocycles. The van der Waals surface area contributed by atoms with Crippen LogP contribution in [0.1, 0.15) is 66.5 Å². The molecule has 0 fully saturated rings. The third-order valence-electron chi connectivity index (χ3n) is 4.36. The molecule has 0 amide bonds. The molecule has 2 aromatic carbocycles. The Balaban J connectivity index is 2.12. The van der Waals surface area contributed by atoms with Crippen molar-refractivity contribution < 1.29 is 9.59 Å². The first-order valence-corrected chi connectivity index (χ1v) is 8.43. The molecule has 0 aliphatic carbocycles. The number of hydrogen-bond acceptors (Lipinski definition) is 2. The maximum Gasteiger partial charge on any atom is 0.165 e. The van der Waals surface area contributed by atoms with Gasteiger partial charge in [0.2, 0.25) is 0 Å². The van der Waals surface area contributed by atoms with Gasteiger partial charge in [0.15, 0.2) is 11.6 Å². The van der Waals surface area contributed by atoms with Gasteiger partial charge in [0.25, 0.3) is 0 Å². The summed E-state index contributed by atoms with van der Waals surface area (Å²) in [7, 11) is 0. The molecule has 1 atom stereocenters. The third kappa shape index (κ3) is 4.41. The minimum atomic E-state index is -0.118. The first-order valence-electron chi connectivity index (χ1n) is 8.43. The number of carbonyl (C=O) groups is 2. The van der Waals surface area contributed by atoms with Crippen LogP contribution in [0.4, 0.5) is 0 Å². The normalized spacial score (nSPS) is 12.7. The molecule has 0 aliphatic rings. The van der Waals surface area contributed by atoms with E-state index in [1.165, 1.54) is 5.56 Å².